The average Bonchev–Trinajstić information content (AvgIpc) is 2.86. The summed E-state index contributed by atoms with van der Waals surface area (Å²) < 4.78 is 3.13. The molecule has 3 rings (SSSR count). The molecule has 2 aromatic heterocycles. The van der Waals surface area contributed by atoms with Crippen molar-refractivity contribution in [2.75, 3.05) is 11.9 Å². The smallest absolute Gasteiger partial charge is 0.152 e. The minimum Gasteiger partial charge on any atom is -0.354 e. The second-order valence-corrected chi connectivity index (χ2v) is 5.92. The molecule has 2 N–H and O–H groups in total. The Kier molecular flexibility index (Phi) is 3.94. The zero-order valence-electron chi connectivity index (χ0n) is 11.8. The molecule has 0 aliphatic rings. The molecule has 4 nitrogen and oxygen atoms in total. The number of fused-ring (bicyclic) bond motifs is 1. The molecule has 0 bridgehead atoms. The highest BCUT2D eigenvalue weighted by Crippen LogP contribution is 2.22. The molecule has 0 fully saturated rings. The summed E-state index contributed by atoms with van der Waals surface area (Å²) in [7, 11) is 2.04. The van der Waals surface area contributed by atoms with Crippen molar-refractivity contribution in [2.24, 2.45) is 5.73 Å². The summed E-state index contributed by atoms with van der Waals surface area (Å²) in [4.78, 5) is 6.84. The maximum Gasteiger partial charge on any atom is 0.152 e. The molecule has 0 amide bonds. The maximum atomic E-state index is 5.92. The molecule has 3 aromatic rings. The van der Waals surface area contributed by atoms with E-state index in [0.717, 1.165) is 28.2 Å². The number of imidazole rings is 1. The third-order valence-corrected chi connectivity index (χ3v) is 3.96. The largest absolute Gasteiger partial charge is 0.354 e. The molecule has 0 aliphatic heterocycles. The third-order valence-electron chi connectivity index (χ3n) is 3.47. The summed E-state index contributed by atoms with van der Waals surface area (Å²) >= 11 is 3.51. The zero-order valence-corrected chi connectivity index (χ0v) is 13.4. The van der Waals surface area contributed by atoms with Crippen molar-refractivity contribution >= 4 is 27.4 Å². The second-order valence-electron chi connectivity index (χ2n) is 5.00. The molecule has 0 saturated carbocycles. The van der Waals surface area contributed by atoms with Gasteiger partial charge in [-0.3, -0.25) is 0 Å². The molecule has 0 aliphatic carbocycles. The van der Waals surface area contributed by atoms with E-state index in [4.69, 9.17) is 10.7 Å². The standard InChI is InChI=1S/C16H17BrN4/c1-20(11-12-5-4-6-13(17)9-12)16-14(10-18)21-8-3-2-7-15(21)19-16/h2-9H,10-11,18H2,1H3. The maximum absolute atomic E-state index is 5.92. The normalized spacial score (nSPS) is 11.0. The van der Waals surface area contributed by atoms with Crippen LogP contribution >= 0.6 is 15.9 Å². The van der Waals surface area contributed by atoms with Crippen LogP contribution in [0.15, 0.2) is 53.1 Å². The van der Waals surface area contributed by atoms with Gasteiger partial charge in [0.25, 0.3) is 0 Å². The van der Waals surface area contributed by atoms with Gasteiger partial charge in [-0.15, -0.1) is 0 Å². The van der Waals surface area contributed by atoms with Gasteiger partial charge in [0.1, 0.15) is 5.65 Å². The van der Waals surface area contributed by atoms with Crippen LogP contribution in [-0.4, -0.2) is 16.4 Å². The van der Waals surface area contributed by atoms with Crippen LogP contribution in [0.2, 0.25) is 0 Å². The molecule has 5 heteroatoms. The van der Waals surface area contributed by atoms with E-state index >= 15 is 0 Å². The van der Waals surface area contributed by atoms with E-state index in [0.29, 0.717) is 6.54 Å². The van der Waals surface area contributed by atoms with Crippen molar-refractivity contribution < 1.29 is 0 Å². The summed E-state index contributed by atoms with van der Waals surface area (Å²) in [5, 5.41) is 0. The molecule has 108 valence electrons. The highest BCUT2D eigenvalue weighted by atomic mass is 79.9. The first kappa shape index (κ1) is 14.1. The average molecular weight is 345 g/mol. The number of hydrogen-bond donors (Lipinski definition) is 1. The van der Waals surface area contributed by atoms with Crippen molar-refractivity contribution in [1.82, 2.24) is 9.38 Å². The number of hydrogen-bond acceptors (Lipinski definition) is 3. The first-order valence-electron chi connectivity index (χ1n) is 6.80. The quantitative estimate of drug-likeness (QED) is 0.790. The van der Waals surface area contributed by atoms with Gasteiger partial charge >= 0.3 is 0 Å². The number of nitrogens with zero attached hydrogens (tertiary/aromatic N) is 3. The van der Waals surface area contributed by atoms with Gasteiger partial charge in [0, 0.05) is 30.8 Å². The predicted octanol–water partition coefficient (Wildman–Crippen LogP) is 3.19. The van der Waals surface area contributed by atoms with Crippen molar-refractivity contribution in [3.63, 3.8) is 0 Å². The summed E-state index contributed by atoms with van der Waals surface area (Å²) in [5.41, 5.74) is 9.11. The number of aromatic nitrogens is 2. The van der Waals surface area contributed by atoms with E-state index < -0.39 is 0 Å². The molecule has 0 saturated heterocycles. The molecule has 0 spiro atoms. The van der Waals surface area contributed by atoms with Gasteiger partial charge in [-0.1, -0.05) is 34.1 Å². The van der Waals surface area contributed by atoms with Gasteiger partial charge in [-0.2, -0.15) is 0 Å². The molecule has 0 atom stereocenters. The first-order valence-corrected chi connectivity index (χ1v) is 7.60. The van der Waals surface area contributed by atoms with Gasteiger partial charge in [0.05, 0.1) is 5.69 Å². The van der Waals surface area contributed by atoms with Gasteiger partial charge < -0.3 is 15.0 Å². The number of benzene rings is 1. The Morgan fingerprint density at radius 3 is 2.86 bits per heavy atom. The van der Waals surface area contributed by atoms with Gasteiger partial charge in [-0.25, -0.2) is 4.98 Å². The van der Waals surface area contributed by atoms with Crippen LogP contribution in [0.5, 0.6) is 0 Å². The molecule has 0 radical (unpaired) electrons. The van der Waals surface area contributed by atoms with Crippen molar-refractivity contribution in [3.8, 4) is 0 Å². The van der Waals surface area contributed by atoms with E-state index in [2.05, 4.69) is 33.0 Å². The van der Waals surface area contributed by atoms with Crippen molar-refractivity contribution in [3.05, 3.63) is 64.4 Å². The number of anilines is 1. The SMILES string of the molecule is CN(Cc1cccc(Br)c1)c1nc2ccccn2c1CN. The van der Waals surface area contributed by atoms with E-state index in [9.17, 15) is 0 Å². The number of halogens is 1. The Bertz CT molecular complexity index is 766. The topological polar surface area (TPSA) is 46.6 Å². The highest BCUT2D eigenvalue weighted by Gasteiger charge is 2.14. The lowest BCUT2D eigenvalue weighted by molar-refractivity contribution is 0.873. The lowest BCUT2D eigenvalue weighted by Gasteiger charge is -2.18. The fourth-order valence-corrected chi connectivity index (χ4v) is 2.96. The molecular weight excluding hydrogens is 328 g/mol. The van der Waals surface area contributed by atoms with Gasteiger partial charge in [0.2, 0.25) is 0 Å². The van der Waals surface area contributed by atoms with Crippen LogP contribution < -0.4 is 10.6 Å². The van der Waals surface area contributed by atoms with E-state index in [1.54, 1.807) is 0 Å². The molecule has 1 aromatic carbocycles. The fourth-order valence-electron chi connectivity index (χ4n) is 2.51. The number of nitrogens with two attached hydrogens (primary N) is 1. The zero-order chi connectivity index (χ0) is 14.8. The minimum absolute atomic E-state index is 0.462. The lowest BCUT2D eigenvalue weighted by atomic mass is 10.2. The van der Waals surface area contributed by atoms with Crippen molar-refractivity contribution in [1.29, 1.82) is 0 Å². The number of pyridine rings is 1. The summed E-state index contributed by atoms with van der Waals surface area (Å²) in [6.07, 6.45) is 2.00. The Labute approximate surface area is 132 Å². The Balaban J connectivity index is 1.95. The monoisotopic (exact) mass is 344 g/mol. The Hall–Kier alpha value is -1.85. The van der Waals surface area contributed by atoms with E-state index in [1.165, 1.54) is 5.56 Å². The van der Waals surface area contributed by atoms with Crippen molar-refractivity contribution in [2.45, 2.75) is 13.1 Å². The fraction of sp³-hybridized carbons (Fsp3) is 0.188. The van der Waals surface area contributed by atoms with Crippen LogP contribution in [0.1, 0.15) is 11.3 Å². The summed E-state index contributed by atoms with van der Waals surface area (Å²) in [5.74, 6) is 0.934. The lowest BCUT2D eigenvalue weighted by Crippen LogP contribution is -2.19. The summed E-state index contributed by atoms with van der Waals surface area (Å²) in [6, 6.07) is 14.3. The predicted molar refractivity (Wildman–Crippen MR) is 89.3 cm³/mol. The van der Waals surface area contributed by atoms with Gasteiger partial charge in [0.15, 0.2) is 5.82 Å². The number of rotatable bonds is 4. The molecule has 21 heavy (non-hydrogen) atoms. The van der Waals surface area contributed by atoms with Crippen LogP contribution in [0.4, 0.5) is 5.82 Å². The minimum atomic E-state index is 0.462. The molecule has 2 heterocycles. The van der Waals surface area contributed by atoms with Crippen LogP contribution in [-0.2, 0) is 13.1 Å². The Morgan fingerprint density at radius 1 is 1.24 bits per heavy atom. The third kappa shape index (κ3) is 2.80. The Morgan fingerprint density at radius 2 is 2.10 bits per heavy atom. The van der Waals surface area contributed by atoms with Crippen LogP contribution in [0.25, 0.3) is 5.65 Å². The highest BCUT2D eigenvalue weighted by molar-refractivity contribution is 9.10. The van der Waals surface area contributed by atoms with E-state index in [1.807, 2.05) is 48.0 Å². The second kappa shape index (κ2) is 5.87. The van der Waals surface area contributed by atoms with Gasteiger partial charge in [-0.05, 0) is 29.8 Å². The van der Waals surface area contributed by atoms with Crippen LogP contribution in [0, 0.1) is 0 Å². The van der Waals surface area contributed by atoms with E-state index in [-0.39, 0.29) is 0 Å². The molecule has 0 unspecified atom stereocenters. The molecular formula is C16H17BrN4. The summed E-state index contributed by atoms with van der Waals surface area (Å²) in [6.45, 7) is 1.25. The van der Waals surface area contributed by atoms with Crippen LogP contribution in [0.3, 0.4) is 0 Å². The first-order chi connectivity index (χ1) is 10.2.